The number of hydrogen-bond acceptors (Lipinski definition) is 4. The molecule has 4 rings (SSSR count). The number of urea groups is 1. The van der Waals surface area contributed by atoms with Crippen molar-refractivity contribution in [3.8, 4) is 5.69 Å². The molecule has 0 spiro atoms. The molecule has 1 saturated carbocycles. The standard InChI is InChI=1S/C19H21N5O3/c25-17-9-8-16(21-19(27)22-17)18(26)23(14-6-7-14)11-13-10-20-24(12-13)15-4-2-1-3-5-15/h1-5,10,12,14,16H,6-9,11H2,(H2,21,22,25,27)/t16-/m0/s1. The summed E-state index contributed by atoms with van der Waals surface area (Å²) in [4.78, 5) is 38.0. The monoisotopic (exact) mass is 367 g/mol. The van der Waals surface area contributed by atoms with Crippen LogP contribution >= 0.6 is 0 Å². The molecule has 1 aliphatic carbocycles. The fourth-order valence-corrected chi connectivity index (χ4v) is 3.25. The molecule has 27 heavy (non-hydrogen) atoms. The maximum absolute atomic E-state index is 13.0. The van der Waals surface area contributed by atoms with E-state index in [0.29, 0.717) is 13.0 Å². The Balaban J connectivity index is 1.48. The van der Waals surface area contributed by atoms with Crippen LogP contribution in [-0.4, -0.2) is 44.6 Å². The quantitative estimate of drug-likeness (QED) is 0.834. The molecule has 140 valence electrons. The van der Waals surface area contributed by atoms with Crippen molar-refractivity contribution >= 4 is 17.8 Å². The number of amides is 4. The fraction of sp³-hybridized carbons (Fsp3) is 0.368. The Morgan fingerprint density at radius 1 is 1.19 bits per heavy atom. The van der Waals surface area contributed by atoms with Gasteiger partial charge < -0.3 is 10.2 Å². The Hall–Kier alpha value is -3.16. The zero-order chi connectivity index (χ0) is 18.8. The average molecular weight is 367 g/mol. The van der Waals surface area contributed by atoms with E-state index in [-0.39, 0.29) is 24.3 Å². The molecule has 2 fully saturated rings. The molecule has 8 nitrogen and oxygen atoms in total. The lowest BCUT2D eigenvalue weighted by atomic mass is 10.1. The van der Waals surface area contributed by atoms with Crippen LogP contribution < -0.4 is 10.6 Å². The van der Waals surface area contributed by atoms with Crippen LogP contribution in [0.3, 0.4) is 0 Å². The summed E-state index contributed by atoms with van der Waals surface area (Å²) in [5.41, 5.74) is 1.88. The highest BCUT2D eigenvalue weighted by atomic mass is 16.2. The van der Waals surface area contributed by atoms with Gasteiger partial charge in [0.2, 0.25) is 11.8 Å². The fourth-order valence-electron chi connectivity index (χ4n) is 3.25. The molecule has 1 aromatic carbocycles. The highest BCUT2D eigenvalue weighted by Gasteiger charge is 2.37. The molecule has 1 aliphatic heterocycles. The van der Waals surface area contributed by atoms with Gasteiger partial charge in [0.1, 0.15) is 6.04 Å². The molecule has 1 saturated heterocycles. The third kappa shape index (κ3) is 3.99. The van der Waals surface area contributed by atoms with Gasteiger partial charge in [-0.25, -0.2) is 9.48 Å². The predicted molar refractivity (Wildman–Crippen MR) is 96.8 cm³/mol. The molecule has 2 aliphatic rings. The van der Waals surface area contributed by atoms with E-state index in [1.54, 1.807) is 15.8 Å². The molecule has 1 atom stereocenters. The Labute approximate surface area is 156 Å². The summed E-state index contributed by atoms with van der Waals surface area (Å²) in [6, 6.07) is 8.66. The van der Waals surface area contributed by atoms with E-state index in [0.717, 1.165) is 24.1 Å². The summed E-state index contributed by atoms with van der Waals surface area (Å²) in [5, 5.41) is 9.20. The lowest BCUT2D eigenvalue weighted by molar-refractivity contribution is -0.134. The van der Waals surface area contributed by atoms with Crippen molar-refractivity contribution in [1.29, 1.82) is 0 Å². The van der Waals surface area contributed by atoms with Gasteiger partial charge in [-0.2, -0.15) is 5.10 Å². The van der Waals surface area contributed by atoms with Gasteiger partial charge >= 0.3 is 6.03 Å². The van der Waals surface area contributed by atoms with E-state index in [9.17, 15) is 14.4 Å². The SMILES string of the molecule is O=C1CC[C@@H](C(=O)N(Cc2cnn(-c3ccccc3)c2)C2CC2)NC(=O)N1. The minimum absolute atomic E-state index is 0.144. The number of para-hydroxylation sites is 1. The van der Waals surface area contributed by atoms with E-state index in [2.05, 4.69) is 15.7 Å². The van der Waals surface area contributed by atoms with Crippen molar-refractivity contribution in [3.05, 3.63) is 48.3 Å². The maximum Gasteiger partial charge on any atom is 0.322 e. The normalized spacial score (nSPS) is 19.8. The van der Waals surface area contributed by atoms with Crippen LogP contribution in [0.25, 0.3) is 5.69 Å². The van der Waals surface area contributed by atoms with Crippen LogP contribution in [0.2, 0.25) is 0 Å². The molecular weight excluding hydrogens is 346 g/mol. The van der Waals surface area contributed by atoms with Crippen LogP contribution in [0.15, 0.2) is 42.7 Å². The van der Waals surface area contributed by atoms with Crippen LogP contribution in [-0.2, 0) is 16.1 Å². The van der Waals surface area contributed by atoms with Gasteiger partial charge in [-0.05, 0) is 31.4 Å². The van der Waals surface area contributed by atoms with Crippen LogP contribution in [0.4, 0.5) is 4.79 Å². The highest BCUT2D eigenvalue weighted by Crippen LogP contribution is 2.29. The number of carbonyl (C=O) groups is 3. The topological polar surface area (TPSA) is 96.3 Å². The summed E-state index contributed by atoms with van der Waals surface area (Å²) < 4.78 is 1.78. The van der Waals surface area contributed by atoms with Crippen molar-refractivity contribution in [3.63, 3.8) is 0 Å². The molecule has 0 radical (unpaired) electrons. The molecule has 8 heteroatoms. The third-order valence-corrected chi connectivity index (χ3v) is 4.80. The van der Waals surface area contributed by atoms with E-state index in [4.69, 9.17) is 0 Å². The molecule has 2 aromatic rings. The zero-order valence-corrected chi connectivity index (χ0v) is 14.8. The van der Waals surface area contributed by atoms with Crippen molar-refractivity contribution < 1.29 is 14.4 Å². The summed E-state index contributed by atoms with van der Waals surface area (Å²) in [6.45, 7) is 0.435. The highest BCUT2D eigenvalue weighted by molar-refractivity contribution is 5.98. The molecule has 0 unspecified atom stereocenters. The lowest BCUT2D eigenvalue weighted by Crippen LogP contribution is -2.50. The number of rotatable bonds is 5. The first-order chi connectivity index (χ1) is 13.1. The van der Waals surface area contributed by atoms with Gasteiger partial charge in [0.05, 0.1) is 11.9 Å². The van der Waals surface area contributed by atoms with E-state index < -0.39 is 12.1 Å². The second-order valence-corrected chi connectivity index (χ2v) is 6.94. The van der Waals surface area contributed by atoms with Crippen molar-refractivity contribution in [2.45, 2.75) is 44.3 Å². The number of aromatic nitrogens is 2. The molecule has 2 N–H and O–H groups in total. The Kier molecular flexibility index (Phi) is 4.62. The third-order valence-electron chi connectivity index (χ3n) is 4.80. The average Bonchev–Trinajstić information content (AvgIpc) is 3.43. The first-order valence-electron chi connectivity index (χ1n) is 9.10. The zero-order valence-electron chi connectivity index (χ0n) is 14.8. The number of hydrogen-bond donors (Lipinski definition) is 2. The largest absolute Gasteiger partial charge is 0.333 e. The molecule has 4 amide bonds. The first kappa shape index (κ1) is 17.3. The number of imide groups is 1. The van der Waals surface area contributed by atoms with E-state index in [1.165, 1.54) is 0 Å². The predicted octanol–water partition coefficient (Wildman–Crippen LogP) is 1.35. The van der Waals surface area contributed by atoms with E-state index in [1.807, 2.05) is 36.5 Å². The summed E-state index contributed by atoms with van der Waals surface area (Å²) >= 11 is 0. The first-order valence-corrected chi connectivity index (χ1v) is 9.10. The Morgan fingerprint density at radius 2 is 1.96 bits per heavy atom. The number of nitrogens with zero attached hydrogens (tertiary/aromatic N) is 3. The second-order valence-electron chi connectivity index (χ2n) is 6.94. The Bertz CT molecular complexity index is 859. The van der Waals surface area contributed by atoms with Crippen molar-refractivity contribution in [2.75, 3.05) is 0 Å². The van der Waals surface area contributed by atoms with Crippen molar-refractivity contribution in [1.82, 2.24) is 25.3 Å². The summed E-state index contributed by atoms with van der Waals surface area (Å²) in [7, 11) is 0. The number of nitrogens with one attached hydrogen (secondary N) is 2. The van der Waals surface area contributed by atoms with Gasteiger partial charge in [-0.1, -0.05) is 18.2 Å². The second kappa shape index (κ2) is 7.22. The van der Waals surface area contributed by atoms with Crippen LogP contribution in [0, 0.1) is 0 Å². The minimum atomic E-state index is -0.679. The number of carbonyl (C=O) groups excluding carboxylic acids is 3. The molecule has 0 bridgehead atoms. The van der Waals surface area contributed by atoms with Crippen LogP contribution in [0.1, 0.15) is 31.2 Å². The molecular formula is C19H21N5O3. The Morgan fingerprint density at radius 3 is 2.70 bits per heavy atom. The van der Waals surface area contributed by atoms with Gasteiger partial charge in [-0.3, -0.25) is 14.9 Å². The van der Waals surface area contributed by atoms with Gasteiger partial charge in [0.15, 0.2) is 0 Å². The minimum Gasteiger partial charge on any atom is -0.333 e. The van der Waals surface area contributed by atoms with Gasteiger partial charge in [0, 0.05) is 30.8 Å². The summed E-state index contributed by atoms with van der Waals surface area (Å²) in [6.07, 6.45) is 6.04. The van der Waals surface area contributed by atoms with E-state index >= 15 is 0 Å². The molecule has 2 heterocycles. The van der Waals surface area contributed by atoms with Gasteiger partial charge in [-0.15, -0.1) is 0 Å². The molecule has 1 aromatic heterocycles. The van der Waals surface area contributed by atoms with Crippen molar-refractivity contribution in [2.24, 2.45) is 0 Å². The van der Waals surface area contributed by atoms with Crippen LogP contribution in [0.5, 0.6) is 0 Å². The van der Waals surface area contributed by atoms with Gasteiger partial charge in [0.25, 0.3) is 0 Å². The maximum atomic E-state index is 13.0. The smallest absolute Gasteiger partial charge is 0.322 e. The number of benzene rings is 1. The summed E-state index contributed by atoms with van der Waals surface area (Å²) in [5.74, 6) is -0.500. The lowest BCUT2D eigenvalue weighted by Gasteiger charge is -2.26.